The van der Waals surface area contributed by atoms with E-state index >= 15 is 0 Å². The van der Waals surface area contributed by atoms with Crippen LogP contribution in [0.1, 0.15) is 12.8 Å². The van der Waals surface area contributed by atoms with Gasteiger partial charge in [0.25, 0.3) is 0 Å². The summed E-state index contributed by atoms with van der Waals surface area (Å²) in [6.07, 6.45) is 6.13. The number of nitrogens with one attached hydrogen (secondary N) is 1. The normalized spacial score (nSPS) is 20.5. The molecule has 2 rings (SSSR count). The summed E-state index contributed by atoms with van der Waals surface area (Å²) >= 11 is 1.52. The van der Waals surface area contributed by atoms with E-state index in [0.717, 1.165) is 11.7 Å². The molecule has 1 aromatic rings. The first-order valence-corrected chi connectivity index (χ1v) is 6.34. The molecule has 0 radical (unpaired) electrons. The molecule has 1 atom stereocenters. The summed E-state index contributed by atoms with van der Waals surface area (Å²) in [4.78, 5) is 8.35. The van der Waals surface area contributed by atoms with Gasteiger partial charge in [0.2, 0.25) is 5.88 Å². The fraction of sp³-hybridized carbons (Fsp3) is 0.600. The lowest BCUT2D eigenvalue weighted by atomic mass is 10.2. The summed E-state index contributed by atoms with van der Waals surface area (Å²) in [6, 6.07) is 2.28. The van der Waals surface area contributed by atoms with Crippen LogP contribution in [0.4, 0.5) is 0 Å². The van der Waals surface area contributed by atoms with Gasteiger partial charge in [-0.3, -0.25) is 0 Å². The zero-order valence-corrected chi connectivity index (χ0v) is 9.59. The highest BCUT2D eigenvalue weighted by Gasteiger charge is 2.14. The number of ether oxygens (including phenoxy) is 1. The lowest BCUT2D eigenvalue weighted by molar-refractivity contribution is 0.265. The van der Waals surface area contributed by atoms with Crippen LogP contribution in [0.2, 0.25) is 0 Å². The maximum absolute atomic E-state index is 5.61. The second-order valence-electron chi connectivity index (χ2n) is 3.49. The molecule has 82 valence electrons. The van der Waals surface area contributed by atoms with E-state index in [-0.39, 0.29) is 0 Å². The molecule has 1 N–H and O–H groups in total. The molecular formula is C10H15N3OS. The van der Waals surface area contributed by atoms with Crippen LogP contribution in [0.25, 0.3) is 0 Å². The molecule has 1 fully saturated rings. The van der Waals surface area contributed by atoms with Crippen LogP contribution < -0.4 is 10.1 Å². The number of hydrogen-bond acceptors (Lipinski definition) is 5. The second kappa shape index (κ2) is 5.32. The first-order valence-electron chi connectivity index (χ1n) is 5.11. The third-order valence-corrected chi connectivity index (χ3v) is 2.95. The first-order chi connectivity index (χ1) is 7.38. The highest BCUT2D eigenvalue weighted by molar-refractivity contribution is 7.98. The highest BCUT2D eigenvalue weighted by atomic mass is 32.2. The number of aromatic nitrogens is 2. The summed E-state index contributed by atoms with van der Waals surface area (Å²) in [5.74, 6) is 0.669. The summed E-state index contributed by atoms with van der Waals surface area (Å²) in [7, 11) is 0. The van der Waals surface area contributed by atoms with Crippen molar-refractivity contribution >= 4 is 11.8 Å². The van der Waals surface area contributed by atoms with Crippen molar-refractivity contribution in [2.45, 2.75) is 24.0 Å². The quantitative estimate of drug-likeness (QED) is 0.619. The molecule has 1 aliphatic heterocycles. The SMILES string of the molecule is CSc1nccc(OCC2CCCN2)n1. The Bertz CT molecular complexity index is 315. The molecule has 0 aromatic carbocycles. The summed E-state index contributed by atoms with van der Waals surface area (Å²) in [5, 5.41) is 4.14. The third kappa shape index (κ3) is 3.07. The average Bonchev–Trinajstić information content (AvgIpc) is 2.79. The van der Waals surface area contributed by atoms with Crippen LogP contribution in [0, 0.1) is 0 Å². The maximum atomic E-state index is 5.61. The molecule has 0 spiro atoms. The van der Waals surface area contributed by atoms with Crippen molar-refractivity contribution in [3.63, 3.8) is 0 Å². The average molecular weight is 225 g/mol. The van der Waals surface area contributed by atoms with Gasteiger partial charge in [0.1, 0.15) is 6.61 Å². The first kappa shape index (κ1) is 10.7. The maximum Gasteiger partial charge on any atom is 0.217 e. The van der Waals surface area contributed by atoms with Crippen LogP contribution in [0.5, 0.6) is 5.88 Å². The van der Waals surface area contributed by atoms with Crippen LogP contribution >= 0.6 is 11.8 Å². The Kier molecular flexibility index (Phi) is 3.80. The molecular weight excluding hydrogens is 210 g/mol. The molecule has 0 bridgehead atoms. The number of rotatable bonds is 4. The van der Waals surface area contributed by atoms with E-state index in [1.807, 2.05) is 6.26 Å². The molecule has 0 aliphatic carbocycles. The Labute approximate surface area is 93.8 Å². The molecule has 1 unspecified atom stereocenters. The molecule has 1 saturated heterocycles. The molecule has 4 nitrogen and oxygen atoms in total. The van der Waals surface area contributed by atoms with E-state index in [2.05, 4.69) is 15.3 Å². The minimum atomic E-state index is 0.484. The van der Waals surface area contributed by atoms with Gasteiger partial charge in [0.15, 0.2) is 5.16 Å². The summed E-state index contributed by atoms with van der Waals surface area (Å²) < 4.78 is 5.61. The molecule has 0 amide bonds. The minimum Gasteiger partial charge on any atom is -0.476 e. The van der Waals surface area contributed by atoms with Crippen molar-refractivity contribution in [2.75, 3.05) is 19.4 Å². The zero-order chi connectivity index (χ0) is 10.5. The number of hydrogen-bond donors (Lipinski definition) is 1. The van der Waals surface area contributed by atoms with Crippen molar-refractivity contribution in [3.8, 4) is 5.88 Å². The van der Waals surface area contributed by atoms with Gasteiger partial charge in [0.05, 0.1) is 0 Å². The molecule has 15 heavy (non-hydrogen) atoms. The van der Waals surface area contributed by atoms with Gasteiger partial charge in [-0.1, -0.05) is 11.8 Å². The van der Waals surface area contributed by atoms with Gasteiger partial charge in [-0.05, 0) is 25.6 Å². The minimum absolute atomic E-state index is 0.484. The Balaban J connectivity index is 1.86. The summed E-state index contributed by atoms with van der Waals surface area (Å²) in [6.45, 7) is 1.80. The molecule has 1 aliphatic rings. The lowest BCUT2D eigenvalue weighted by Gasteiger charge is -2.11. The topological polar surface area (TPSA) is 47.0 Å². The van der Waals surface area contributed by atoms with Gasteiger partial charge in [0, 0.05) is 18.3 Å². The molecule has 2 heterocycles. The van der Waals surface area contributed by atoms with E-state index in [4.69, 9.17) is 4.74 Å². The van der Waals surface area contributed by atoms with Crippen LogP contribution in [-0.4, -0.2) is 35.4 Å². The highest BCUT2D eigenvalue weighted by Crippen LogP contribution is 2.13. The van der Waals surface area contributed by atoms with Crippen molar-refractivity contribution in [1.82, 2.24) is 15.3 Å². The second-order valence-corrected chi connectivity index (χ2v) is 4.26. The van der Waals surface area contributed by atoms with Crippen LogP contribution in [0.15, 0.2) is 17.4 Å². The Morgan fingerprint density at radius 2 is 2.60 bits per heavy atom. The van der Waals surface area contributed by atoms with Gasteiger partial charge >= 0.3 is 0 Å². The Morgan fingerprint density at radius 3 is 3.33 bits per heavy atom. The monoisotopic (exact) mass is 225 g/mol. The smallest absolute Gasteiger partial charge is 0.217 e. The van der Waals surface area contributed by atoms with Gasteiger partial charge in [-0.2, -0.15) is 4.98 Å². The molecule has 5 heteroatoms. The number of nitrogens with zero attached hydrogens (tertiary/aromatic N) is 2. The van der Waals surface area contributed by atoms with E-state index in [9.17, 15) is 0 Å². The van der Waals surface area contributed by atoms with Gasteiger partial charge < -0.3 is 10.1 Å². The fourth-order valence-corrected chi connectivity index (χ4v) is 1.94. The standard InChI is InChI=1S/C10H15N3OS/c1-15-10-12-6-4-9(13-10)14-7-8-3-2-5-11-8/h4,6,8,11H,2-3,5,7H2,1H3. The van der Waals surface area contributed by atoms with E-state index in [0.29, 0.717) is 18.5 Å². The van der Waals surface area contributed by atoms with E-state index in [1.165, 1.54) is 24.6 Å². The van der Waals surface area contributed by atoms with Crippen molar-refractivity contribution in [2.24, 2.45) is 0 Å². The van der Waals surface area contributed by atoms with Crippen molar-refractivity contribution < 1.29 is 4.74 Å². The van der Waals surface area contributed by atoms with Crippen molar-refractivity contribution in [1.29, 1.82) is 0 Å². The molecule has 1 aromatic heterocycles. The lowest BCUT2D eigenvalue weighted by Crippen LogP contribution is -2.28. The summed E-state index contributed by atoms with van der Waals surface area (Å²) in [5.41, 5.74) is 0. The molecule has 0 saturated carbocycles. The van der Waals surface area contributed by atoms with Gasteiger partial charge in [-0.25, -0.2) is 4.98 Å². The largest absolute Gasteiger partial charge is 0.476 e. The van der Waals surface area contributed by atoms with Crippen LogP contribution in [0.3, 0.4) is 0 Å². The predicted molar refractivity (Wildman–Crippen MR) is 60.3 cm³/mol. The third-order valence-electron chi connectivity index (χ3n) is 2.39. The number of thioether (sulfide) groups is 1. The van der Waals surface area contributed by atoms with Crippen LogP contribution in [-0.2, 0) is 0 Å². The van der Waals surface area contributed by atoms with Gasteiger partial charge in [-0.15, -0.1) is 0 Å². The Morgan fingerprint density at radius 1 is 1.67 bits per heavy atom. The Hall–Kier alpha value is -0.810. The van der Waals surface area contributed by atoms with E-state index in [1.54, 1.807) is 12.3 Å². The van der Waals surface area contributed by atoms with E-state index < -0.39 is 0 Å². The zero-order valence-electron chi connectivity index (χ0n) is 8.77. The predicted octanol–water partition coefficient (Wildman–Crippen LogP) is 1.33. The fourth-order valence-electron chi connectivity index (χ4n) is 1.59. The van der Waals surface area contributed by atoms with Crippen molar-refractivity contribution in [3.05, 3.63) is 12.3 Å².